The number of benzene rings is 1. The van der Waals surface area contributed by atoms with Crippen molar-refractivity contribution >= 4 is 17.3 Å². The number of ether oxygens (including phenoxy) is 2. The molecule has 2 aromatic rings. The molecule has 0 atom stereocenters. The van der Waals surface area contributed by atoms with Crippen molar-refractivity contribution in [2.45, 2.75) is 20.3 Å². The molecule has 21 heavy (non-hydrogen) atoms. The first-order valence-corrected chi connectivity index (χ1v) is 7.46. The van der Waals surface area contributed by atoms with Gasteiger partial charge in [0.1, 0.15) is 21.4 Å². The van der Waals surface area contributed by atoms with E-state index in [1.165, 1.54) is 11.3 Å². The van der Waals surface area contributed by atoms with E-state index in [0.29, 0.717) is 35.2 Å². The summed E-state index contributed by atoms with van der Waals surface area (Å²) >= 11 is 1.17. The first kappa shape index (κ1) is 15.3. The van der Waals surface area contributed by atoms with Crippen molar-refractivity contribution in [3.8, 4) is 22.1 Å². The number of nitrogens with zero attached hydrogens (tertiary/aromatic N) is 1. The van der Waals surface area contributed by atoms with Crippen LogP contribution in [0.3, 0.4) is 0 Å². The van der Waals surface area contributed by atoms with Gasteiger partial charge in [-0.25, -0.2) is 9.78 Å². The molecule has 0 amide bonds. The van der Waals surface area contributed by atoms with Gasteiger partial charge < -0.3 is 14.6 Å². The first-order valence-electron chi connectivity index (χ1n) is 6.64. The van der Waals surface area contributed by atoms with Gasteiger partial charge in [0.15, 0.2) is 0 Å². The third-order valence-corrected chi connectivity index (χ3v) is 4.06. The van der Waals surface area contributed by atoms with Crippen molar-refractivity contribution < 1.29 is 19.4 Å². The largest absolute Gasteiger partial charge is 0.497 e. The van der Waals surface area contributed by atoms with Crippen LogP contribution in [0.5, 0.6) is 11.5 Å². The number of rotatable bonds is 6. The van der Waals surface area contributed by atoms with Gasteiger partial charge in [0.25, 0.3) is 0 Å². The molecule has 0 saturated heterocycles. The van der Waals surface area contributed by atoms with Crippen LogP contribution < -0.4 is 9.47 Å². The fourth-order valence-corrected chi connectivity index (χ4v) is 2.98. The van der Waals surface area contributed by atoms with E-state index in [1.54, 1.807) is 13.2 Å². The molecule has 0 fully saturated rings. The SMILES string of the molecule is CCOc1cc(OC)ccc1-c1nc(CC)c(C(=O)O)s1. The summed E-state index contributed by atoms with van der Waals surface area (Å²) in [4.78, 5) is 16.0. The Morgan fingerprint density at radius 2 is 2.14 bits per heavy atom. The summed E-state index contributed by atoms with van der Waals surface area (Å²) in [5.41, 5.74) is 1.38. The van der Waals surface area contributed by atoms with Crippen molar-refractivity contribution in [2.75, 3.05) is 13.7 Å². The summed E-state index contributed by atoms with van der Waals surface area (Å²) < 4.78 is 10.8. The van der Waals surface area contributed by atoms with Crippen LogP contribution in [0.15, 0.2) is 18.2 Å². The lowest BCUT2D eigenvalue weighted by atomic mass is 10.2. The zero-order valence-corrected chi connectivity index (χ0v) is 13.0. The molecule has 0 aliphatic heterocycles. The van der Waals surface area contributed by atoms with Gasteiger partial charge in [-0.15, -0.1) is 11.3 Å². The summed E-state index contributed by atoms with van der Waals surface area (Å²) in [7, 11) is 1.59. The Bertz CT molecular complexity index is 651. The van der Waals surface area contributed by atoms with E-state index in [0.717, 1.165) is 5.56 Å². The Morgan fingerprint density at radius 1 is 1.38 bits per heavy atom. The van der Waals surface area contributed by atoms with Crippen LogP contribution in [0.2, 0.25) is 0 Å². The van der Waals surface area contributed by atoms with E-state index < -0.39 is 5.97 Å². The standard InChI is InChI=1S/C15H17NO4S/c1-4-11-13(15(17)18)21-14(16-11)10-7-6-9(19-3)8-12(10)20-5-2/h6-8H,4-5H2,1-3H3,(H,17,18). The summed E-state index contributed by atoms with van der Waals surface area (Å²) in [6.45, 7) is 4.30. The van der Waals surface area contributed by atoms with Crippen LogP contribution in [0.4, 0.5) is 0 Å². The minimum Gasteiger partial charge on any atom is -0.497 e. The average molecular weight is 307 g/mol. The van der Waals surface area contributed by atoms with Crippen LogP contribution in [0, 0.1) is 0 Å². The lowest BCUT2D eigenvalue weighted by molar-refractivity contribution is 0.0701. The summed E-state index contributed by atoms with van der Waals surface area (Å²) in [6, 6.07) is 5.44. The van der Waals surface area contributed by atoms with Crippen molar-refractivity contribution in [1.29, 1.82) is 0 Å². The predicted octanol–water partition coefficient (Wildman–Crippen LogP) is 3.48. The topological polar surface area (TPSA) is 68.7 Å². The predicted molar refractivity (Wildman–Crippen MR) is 81.6 cm³/mol. The molecule has 0 aliphatic carbocycles. The summed E-state index contributed by atoms with van der Waals surface area (Å²) in [5.74, 6) is 0.389. The molecule has 0 aliphatic rings. The average Bonchev–Trinajstić information content (AvgIpc) is 2.91. The third kappa shape index (κ3) is 3.16. The van der Waals surface area contributed by atoms with E-state index in [4.69, 9.17) is 9.47 Å². The van der Waals surface area contributed by atoms with Crippen LogP contribution in [0.1, 0.15) is 29.2 Å². The number of carboxylic acids is 1. The second kappa shape index (κ2) is 6.58. The van der Waals surface area contributed by atoms with E-state index in [9.17, 15) is 9.90 Å². The quantitative estimate of drug-likeness (QED) is 0.885. The Balaban J connectivity index is 2.52. The molecule has 0 saturated carbocycles. The Hall–Kier alpha value is -2.08. The number of hydrogen-bond donors (Lipinski definition) is 1. The van der Waals surface area contributed by atoms with Gasteiger partial charge in [0.05, 0.1) is 25.0 Å². The van der Waals surface area contributed by atoms with Crippen LogP contribution in [-0.2, 0) is 6.42 Å². The minimum absolute atomic E-state index is 0.283. The smallest absolute Gasteiger partial charge is 0.347 e. The van der Waals surface area contributed by atoms with Crippen molar-refractivity contribution in [3.63, 3.8) is 0 Å². The lowest BCUT2D eigenvalue weighted by Crippen LogP contribution is -1.97. The Kier molecular flexibility index (Phi) is 4.80. The molecule has 0 spiro atoms. The monoisotopic (exact) mass is 307 g/mol. The summed E-state index contributed by atoms with van der Waals surface area (Å²) in [6.07, 6.45) is 0.582. The second-order valence-electron chi connectivity index (χ2n) is 4.25. The molecule has 1 aromatic carbocycles. The highest BCUT2D eigenvalue weighted by Gasteiger charge is 2.19. The maximum atomic E-state index is 11.3. The van der Waals surface area contributed by atoms with Crippen molar-refractivity contribution in [3.05, 3.63) is 28.8 Å². The maximum Gasteiger partial charge on any atom is 0.347 e. The van der Waals surface area contributed by atoms with Gasteiger partial charge in [-0.3, -0.25) is 0 Å². The van der Waals surface area contributed by atoms with E-state index >= 15 is 0 Å². The number of aromatic carboxylic acids is 1. The molecule has 1 heterocycles. The maximum absolute atomic E-state index is 11.3. The molecule has 5 nitrogen and oxygen atoms in total. The zero-order valence-electron chi connectivity index (χ0n) is 12.2. The zero-order chi connectivity index (χ0) is 15.4. The highest BCUT2D eigenvalue weighted by Crippen LogP contribution is 2.37. The van der Waals surface area contributed by atoms with Gasteiger partial charge in [0.2, 0.25) is 0 Å². The molecule has 1 N–H and O–H groups in total. The number of carboxylic acid groups (broad SMARTS) is 1. The van der Waals surface area contributed by atoms with Crippen LogP contribution >= 0.6 is 11.3 Å². The molecular weight excluding hydrogens is 290 g/mol. The first-order chi connectivity index (χ1) is 10.1. The second-order valence-corrected chi connectivity index (χ2v) is 5.25. The molecule has 2 rings (SSSR count). The molecule has 0 radical (unpaired) electrons. The van der Waals surface area contributed by atoms with E-state index in [1.807, 2.05) is 26.0 Å². The summed E-state index contributed by atoms with van der Waals surface area (Å²) in [5, 5.41) is 9.88. The number of thiazole rings is 1. The van der Waals surface area contributed by atoms with Gasteiger partial charge in [0, 0.05) is 6.07 Å². The molecular formula is C15H17NO4S. The fraction of sp³-hybridized carbons (Fsp3) is 0.333. The number of aromatic nitrogens is 1. The van der Waals surface area contributed by atoms with E-state index in [-0.39, 0.29) is 4.88 Å². The molecule has 112 valence electrons. The number of carbonyl (C=O) groups is 1. The third-order valence-electron chi connectivity index (χ3n) is 2.95. The molecule has 0 unspecified atom stereocenters. The van der Waals surface area contributed by atoms with Crippen LogP contribution in [-0.4, -0.2) is 29.8 Å². The fourth-order valence-electron chi connectivity index (χ4n) is 1.95. The lowest BCUT2D eigenvalue weighted by Gasteiger charge is -2.10. The number of hydrogen-bond acceptors (Lipinski definition) is 5. The molecule has 1 aromatic heterocycles. The van der Waals surface area contributed by atoms with Crippen LogP contribution in [0.25, 0.3) is 10.6 Å². The Labute approximate surface area is 127 Å². The molecule has 6 heteroatoms. The van der Waals surface area contributed by atoms with E-state index in [2.05, 4.69) is 4.98 Å². The van der Waals surface area contributed by atoms with Gasteiger partial charge in [-0.1, -0.05) is 6.92 Å². The molecule has 0 bridgehead atoms. The highest BCUT2D eigenvalue weighted by molar-refractivity contribution is 7.17. The van der Waals surface area contributed by atoms with Gasteiger partial charge >= 0.3 is 5.97 Å². The highest BCUT2D eigenvalue weighted by atomic mass is 32.1. The Morgan fingerprint density at radius 3 is 2.67 bits per heavy atom. The van der Waals surface area contributed by atoms with Crippen molar-refractivity contribution in [2.24, 2.45) is 0 Å². The minimum atomic E-state index is -0.943. The number of methoxy groups -OCH3 is 1. The van der Waals surface area contributed by atoms with Gasteiger partial charge in [-0.05, 0) is 25.5 Å². The number of aryl methyl sites for hydroxylation is 1. The van der Waals surface area contributed by atoms with Crippen molar-refractivity contribution in [1.82, 2.24) is 4.98 Å². The van der Waals surface area contributed by atoms with Gasteiger partial charge in [-0.2, -0.15) is 0 Å². The normalized spacial score (nSPS) is 10.4.